The molecule has 4 rings (SSSR count). The molecular formula is C17H17Cl2N5O. The summed E-state index contributed by atoms with van der Waals surface area (Å²) in [5, 5.41) is 17.4. The number of aromatic nitrogens is 4. The minimum absolute atomic E-state index is 0.0763. The van der Waals surface area contributed by atoms with Gasteiger partial charge in [0.05, 0.1) is 5.60 Å². The third-order valence-electron chi connectivity index (χ3n) is 4.67. The molecule has 3 aromatic rings. The van der Waals surface area contributed by atoms with Crippen molar-refractivity contribution in [2.75, 3.05) is 19.0 Å². The number of hydrogen-bond donors (Lipinski definition) is 1. The Bertz CT molecular complexity index is 897. The second-order valence-electron chi connectivity index (χ2n) is 6.26. The molecular weight excluding hydrogens is 361 g/mol. The van der Waals surface area contributed by atoms with Crippen LogP contribution < -0.4 is 5.32 Å². The van der Waals surface area contributed by atoms with Crippen LogP contribution in [0.15, 0.2) is 30.3 Å². The number of rotatable bonds is 5. The first-order valence-corrected chi connectivity index (χ1v) is 8.82. The van der Waals surface area contributed by atoms with Crippen molar-refractivity contribution in [1.82, 2.24) is 19.8 Å². The number of benzene rings is 1. The van der Waals surface area contributed by atoms with E-state index in [0.29, 0.717) is 21.5 Å². The van der Waals surface area contributed by atoms with Crippen LogP contribution in [0.2, 0.25) is 10.0 Å². The molecule has 130 valence electrons. The molecule has 8 heteroatoms. The van der Waals surface area contributed by atoms with E-state index < -0.39 is 0 Å². The van der Waals surface area contributed by atoms with Gasteiger partial charge in [0.15, 0.2) is 11.5 Å². The third-order valence-corrected chi connectivity index (χ3v) is 5.11. The summed E-state index contributed by atoms with van der Waals surface area (Å²) in [6.07, 6.45) is 3.34. The summed E-state index contributed by atoms with van der Waals surface area (Å²) < 4.78 is 7.32. The average molecular weight is 378 g/mol. The molecule has 1 fully saturated rings. The van der Waals surface area contributed by atoms with Gasteiger partial charge in [0, 0.05) is 29.3 Å². The third kappa shape index (κ3) is 3.17. The Morgan fingerprint density at radius 1 is 1.16 bits per heavy atom. The van der Waals surface area contributed by atoms with E-state index in [4.69, 9.17) is 27.9 Å². The SMILES string of the molecule is COC1(CNc2ccc3nnc(-c4cc(Cl)cc(Cl)c4)n3n2)CCC1. The fourth-order valence-electron chi connectivity index (χ4n) is 3.02. The van der Waals surface area contributed by atoms with Gasteiger partial charge in [-0.15, -0.1) is 15.3 Å². The molecule has 0 saturated heterocycles. The monoisotopic (exact) mass is 377 g/mol. The summed E-state index contributed by atoms with van der Waals surface area (Å²) in [6, 6.07) is 9.03. The quantitative estimate of drug-likeness (QED) is 0.725. The lowest BCUT2D eigenvalue weighted by molar-refractivity contribution is -0.0601. The molecule has 1 N–H and O–H groups in total. The fraction of sp³-hybridized carbons (Fsp3) is 0.353. The smallest absolute Gasteiger partial charge is 0.185 e. The molecule has 25 heavy (non-hydrogen) atoms. The van der Waals surface area contributed by atoms with Crippen LogP contribution in [0, 0.1) is 0 Å². The summed E-state index contributed by atoms with van der Waals surface area (Å²) in [7, 11) is 1.76. The van der Waals surface area contributed by atoms with Crippen LogP contribution in [0.5, 0.6) is 0 Å². The number of anilines is 1. The summed E-state index contributed by atoms with van der Waals surface area (Å²) in [5.41, 5.74) is 1.34. The molecule has 0 atom stereocenters. The molecule has 1 aliphatic carbocycles. The van der Waals surface area contributed by atoms with E-state index in [9.17, 15) is 0 Å². The van der Waals surface area contributed by atoms with Gasteiger partial charge in [0.2, 0.25) is 0 Å². The second kappa shape index (κ2) is 6.44. The Morgan fingerprint density at radius 2 is 1.92 bits per heavy atom. The van der Waals surface area contributed by atoms with Crippen molar-refractivity contribution in [2.24, 2.45) is 0 Å². The number of fused-ring (bicyclic) bond motifs is 1. The molecule has 1 aromatic carbocycles. The van der Waals surface area contributed by atoms with Gasteiger partial charge in [-0.25, -0.2) is 0 Å². The van der Waals surface area contributed by atoms with E-state index in [1.165, 1.54) is 6.42 Å². The number of nitrogens with one attached hydrogen (secondary N) is 1. The zero-order valence-electron chi connectivity index (χ0n) is 13.7. The van der Waals surface area contributed by atoms with Crippen molar-refractivity contribution in [2.45, 2.75) is 24.9 Å². The molecule has 0 amide bonds. The summed E-state index contributed by atoms with van der Waals surface area (Å²) in [5.74, 6) is 1.33. The average Bonchev–Trinajstić information content (AvgIpc) is 2.96. The molecule has 6 nitrogen and oxygen atoms in total. The van der Waals surface area contributed by atoms with Gasteiger partial charge in [-0.2, -0.15) is 4.52 Å². The highest BCUT2D eigenvalue weighted by Gasteiger charge is 2.36. The van der Waals surface area contributed by atoms with Gasteiger partial charge >= 0.3 is 0 Å². The summed E-state index contributed by atoms with van der Waals surface area (Å²) in [6.45, 7) is 0.725. The van der Waals surface area contributed by atoms with E-state index in [2.05, 4.69) is 20.6 Å². The predicted octanol–water partition coefficient (Wildman–Crippen LogP) is 4.08. The van der Waals surface area contributed by atoms with Crippen LogP contribution in [0.25, 0.3) is 17.0 Å². The highest BCUT2D eigenvalue weighted by atomic mass is 35.5. The lowest BCUT2D eigenvalue weighted by atomic mass is 9.80. The first kappa shape index (κ1) is 16.6. The highest BCUT2D eigenvalue weighted by Crippen LogP contribution is 2.35. The maximum Gasteiger partial charge on any atom is 0.185 e. The van der Waals surface area contributed by atoms with Crippen LogP contribution >= 0.6 is 23.2 Å². The minimum Gasteiger partial charge on any atom is -0.376 e. The van der Waals surface area contributed by atoms with Gasteiger partial charge in [0.1, 0.15) is 5.82 Å². The van der Waals surface area contributed by atoms with Crippen molar-refractivity contribution >= 4 is 34.7 Å². The normalized spacial score (nSPS) is 16.0. The molecule has 1 aliphatic rings. The zero-order valence-corrected chi connectivity index (χ0v) is 15.2. The number of nitrogens with zero attached hydrogens (tertiary/aromatic N) is 4. The maximum absolute atomic E-state index is 6.10. The van der Waals surface area contributed by atoms with E-state index >= 15 is 0 Å². The molecule has 0 bridgehead atoms. The van der Waals surface area contributed by atoms with E-state index in [-0.39, 0.29) is 5.60 Å². The largest absolute Gasteiger partial charge is 0.376 e. The van der Waals surface area contributed by atoms with Crippen molar-refractivity contribution in [3.63, 3.8) is 0 Å². The van der Waals surface area contributed by atoms with E-state index in [1.807, 2.05) is 12.1 Å². The number of methoxy groups -OCH3 is 1. The molecule has 0 aliphatic heterocycles. The Balaban J connectivity index is 1.65. The van der Waals surface area contributed by atoms with E-state index in [1.54, 1.807) is 29.8 Å². The topological polar surface area (TPSA) is 64.3 Å². The predicted molar refractivity (Wildman–Crippen MR) is 98.3 cm³/mol. The summed E-state index contributed by atoms with van der Waals surface area (Å²) in [4.78, 5) is 0. The van der Waals surface area contributed by atoms with Crippen molar-refractivity contribution in [1.29, 1.82) is 0 Å². The van der Waals surface area contributed by atoms with Crippen LogP contribution in [-0.4, -0.2) is 39.1 Å². The molecule has 0 unspecified atom stereocenters. The molecule has 2 heterocycles. The Kier molecular flexibility index (Phi) is 4.27. The molecule has 0 radical (unpaired) electrons. The number of hydrogen-bond acceptors (Lipinski definition) is 5. The fourth-order valence-corrected chi connectivity index (χ4v) is 3.55. The first-order valence-electron chi connectivity index (χ1n) is 8.07. The molecule has 2 aromatic heterocycles. The Labute approximate surface area is 155 Å². The maximum atomic E-state index is 6.10. The van der Waals surface area contributed by atoms with Gasteiger partial charge in [-0.05, 0) is 49.6 Å². The minimum atomic E-state index is -0.0763. The molecule has 0 spiro atoms. The van der Waals surface area contributed by atoms with Crippen molar-refractivity contribution in [3.05, 3.63) is 40.4 Å². The van der Waals surface area contributed by atoms with Crippen molar-refractivity contribution in [3.8, 4) is 11.4 Å². The van der Waals surface area contributed by atoms with Gasteiger partial charge in [-0.3, -0.25) is 0 Å². The first-order chi connectivity index (χ1) is 12.1. The van der Waals surface area contributed by atoms with Gasteiger partial charge in [-0.1, -0.05) is 23.2 Å². The number of ether oxygens (including phenoxy) is 1. The Morgan fingerprint density at radius 3 is 2.56 bits per heavy atom. The van der Waals surface area contributed by atoms with Crippen LogP contribution in [0.3, 0.4) is 0 Å². The van der Waals surface area contributed by atoms with Crippen LogP contribution in [-0.2, 0) is 4.74 Å². The zero-order chi connectivity index (χ0) is 17.4. The van der Waals surface area contributed by atoms with Crippen LogP contribution in [0.1, 0.15) is 19.3 Å². The van der Waals surface area contributed by atoms with E-state index in [0.717, 1.165) is 30.8 Å². The summed E-state index contributed by atoms with van der Waals surface area (Å²) >= 11 is 12.2. The molecule has 1 saturated carbocycles. The highest BCUT2D eigenvalue weighted by molar-refractivity contribution is 6.35. The van der Waals surface area contributed by atoms with Gasteiger partial charge < -0.3 is 10.1 Å². The van der Waals surface area contributed by atoms with Gasteiger partial charge in [0.25, 0.3) is 0 Å². The lowest BCUT2D eigenvalue weighted by Gasteiger charge is -2.40. The van der Waals surface area contributed by atoms with Crippen LogP contribution in [0.4, 0.5) is 5.82 Å². The Hall–Kier alpha value is -1.89. The number of halogens is 2. The van der Waals surface area contributed by atoms with Crippen molar-refractivity contribution < 1.29 is 4.74 Å². The second-order valence-corrected chi connectivity index (χ2v) is 7.14. The lowest BCUT2D eigenvalue weighted by Crippen LogP contribution is -2.45. The standard InChI is InChI=1S/C17H17Cl2N5O/c1-25-17(5-2-6-17)10-20-14-3-4-15-21-22-16(24(15)23-14)11-7-12(18)9-13(19)8-11/h3-4,7-9H,2,5-6,10H2,1H3,(H,20,23).